The summed E-state index contributed by atoms with van der Waals surface area (Å²) in [7, 11) is 0. The summed E-state index contributed by atoms with van der Waals surface area (Å²) in [5.74, 6) is 0.239. The number of ether oxygens (including phenoxy) is 1. The molecule has 0 radical (unpaired) electrons. The topological polar surface area (TPSA) is 64.4 Å². The Morgan fingerprint density at radius 3 is 2.88 bits per heavy atom. The number of halogens is 1. The average Bonchev–Trinajstić information content (AvgIpc) is 2.26. The van der Waals surface area contributed by atoms with E-state index in [2.05, 4.69) is 11.9 Å². The van der Waals surface area contributed by atoms with Crippen LogP contribution >= 0.6 is 11.6 Å². The molecule has 0 aliphatic carbocycles. The van der Waals surface area contributed by atoms with E-state index < -0.39 is 4.92 Å². The first-order valence-corrected chi connectivity index (χ1v) is 5.41. The predicted molar refractivity (Wildman–Crippen MR) is 67.7 cm³/mol. The molecule has 0 atom stereocenters. The van der Waals surface area contributed by atoms with Crippen LogP contribution in [0.5, 0.6) is 5.75 Å². The summed E-state index contributed by atoms with van der Waals surface area (Å²) in [5, 5.41) is 14.2. The normalized spacial score (nSPS) is 9.76. The van der Waals surface area contributed by atoms with Crippen LogP contribution in [-0.4, -0.2) is 18.1 Å². The lowest BCUT2D eigenvalue weighted by Gasteiger charge is -2.09. The SMILES string of the molecule is C=C(Cl)CNc1cccc(OCC)c1[N+](=O)[O-]. The van der Waals surface area contributed by atoms with Gasteiger partial charge in [-0.1, -0.05) is 24.2 Å². The van der Waals surface area contributed by atoms with Gasteiger partial charge in [0.1, 0.15) is 5.69 Å². The summed E-state index contributed by atoms with van der Waals surface area (Å²) >= 11 is 5.60. The number of benzene rings is 1. The van der Waals surface area contributed by atoms with Crippen molar-refractivity contribution in [2.75, 3.05) is 18.5 Å². The van der Waals surface area contributed by atoms with Crippen molar-refractivity contribution in [2.45, 2.75) is 6.92 Å². The van der Waals surface area contributed by atoms with Crippen LogP contribution in [0.4, 0.5) is 11.4 Å². The highest BCUT2D eigenvalue weighted by molar-refractivity contribution is 6.29. The van der Waals surface area contributed by atoms with Crippen molar-refractivity contribution in [3.05, 3.63) is 39.9 Å². The van der Waals surface area contributed by atoms with Crippen LogP contribution in [-0.2, 0) is 0 Å². The number of rotatable bonds is 6. The van der Waals surface area contributed by atoms with Crippen LogP contribution in [0.1, 0.15) is 6.92 Å². The fraction of sp³-hybridized carbons (Fsp3) is 0.273. The van der Waals surface area contributed by atoms with Crippen molar-refractivity contribution in [3.8, 4) is 5.75 Å². The van der Waals surface area contributed by atoms with E-state index in [1.807, 2.05) is 0 Å². The molecule has 1 aromatic rings. The van der Waals surface area contributed by atoms with E-state index >= 15 is 0 Å². The quantitative estimate of drug-likeness (QED) is 0.627. The van der Waals surface area contributed by atoms with Gasteiger partial charge in [-0.2, -0.15) is 0 Å². The minimum absolute atomic E-state index is 0.0905. The van der Waals surface area contributed by atoms with Crippen LogP contribution in [0.15, 0.2) is 29.8 Å². The number of nitro benzene ring substituents is 1. The molecule has 0 aliphatic rings. The van der Waals surface area contributed by atoms with E-state index in [1.54, 1.807) is 25.1 Å². The molecular formula is C11H13ClN2O3. The first kappa shape index (κ1) is 13.3. The number of nitro groups is 1. The molecule has 0 unspecified atom stereocenters. The highest BCUT2D eigenvalue weighted by Gasteiger charge is 2.20. The fourth-order valence-corrected chi connectivity index (χ4v) is 1.38. The van der Waals surface area contributed by atoms with Crippen molar-refractivity contribution in [1.82, 2.24) is 0 Å². The third-order valence-electron chi connectivity index (χ3n) is 1.95. The van der Waals surface area contributed by atoms with Gasteiger partial charge in [0, 0.05) is 5.03 Å². The first-order chi connectivity index (χ1) is 8.06. The summed E-state index contributed by atoms with van der Waals surface area (Å²) in [6.45, 7) is 5.90. The minimum atomic E-state index is -0.482. The number of nitrogens with zero attached hydrogens (tertiary/aromatic N) is 1. The summed E-state index contributed by atoms with van der Waals surface area (Å²) in [6, 6.07) is 4.83. The van der Waals surface area contributed by atoms with Gasteiger partial charge in [0.2, 0.25) is 0 Å². The fourth-order valence-electron chi connectivity index (χ4n) is 1.32. The van der Waals surface area contributed by atoms with Crippen molar-refractivity contribution in [2.24, 2.45) is 0 Å². The lowest BCUT2D eigenvalue weighted by atomic mass is 10.2. The van der Waals surface area contributed by atoms with E-state index in [4.69, 9.17) is 16.3 Å². The van der Waals surface area contributed by atoms with Gasteiger partial charge < -0.3 is 10.1 Å². The van der Waals surface area contributed by atoms with E-state index in [0.717, 1.165) is 0 Å². The van der Waals surface area contributed by atoms with Gasteiger partial charge in [0.05, 0.1) is 18.1 Å². The van der Waals surface area contributed by atoms with Gasteiger partial charge in [-0.3, -0.25) is 10.1 Å². The smallest absolute Gasteiger partial charge is 0.333 e. The Morgan fingerprint density at radius 1 is 1.65 bits per heavy atom. The van der Waals surface area contributed by atoms with Crippen LogP contribution in [0.3, 0.4) is 0 Å². The highest BCUT2D eigenvalue weighted by Crippen LogP contribution is 2.34. The van der Waals surface area contributed by atoms with Gasteiger partial charge in [-0.05, 0) is 19.1 Å². The zero-order chi connectivity index (χ0) is 12.8. The molecule has 0 spiro atoms. The second kappa shape index (κ2) is 6.10. The van der Waals surface area contributed by atoms with E-state index in [9.17, 15) is 10.1 Å². The number of hydrogen-bond donors (Lipinski definition) is 1. The van der Waals surface area contributed by atoms with E-state index in [1.165, 1.54) is 0 Å². The van der Waals surface area contributed by atoms with Crippen molar-refractivity contribution >= 4 is 23.0 Å². The zero-order valence-electron chi connectivity index (χ0n) is 9.40. The number of para-hydroxylation sites is 1. The van der Waals surface area contributed by atoms with Gasteiger partial charge in [-0.15, -0.1) is 0 Å². The maximum absolute atomic E-state index is 11.0. The summed E-state index contributed by atoms with van der Waals surface area (Å²) < 4.78 is 5.21. The van der Waals surface area contributed by atoms with Crippen molar-refractivity contribution in [1.29, 1.82) is 0 Å². The molecule has 0 aliphatic heterocycles. The van der Waals surface area contributed by atoms with E-state index in [-0.39, 0.29) is 18.0 Å². The van der Waals surface area contributed by atoms with E-state index in [0.29, 0.717) is 17.3 Å². The van der Waals surface area contributed by atoms with Crippen LogP contribution < -0.4 is 10.1 Å². The Balaban J connectivity index is 3.06. The third kappa shape index (κ3) is 3.64. The van der Waals surface area contributed by atoms with Gasteiger partial charge in [-0.25, -0.2) is 0 Å². The molecule has 5 nitrogen and oxygen atoms in total. The monoisotopic (exact) mass is 256 g/mol. The lowest BCUT2D eigenvalue weighted by Crippen LogP contribution is -2.05. The largest absolute Gasteiger partial charge is 0.487 e. The molecular weight excluding hydrogens is 244 g/mol. The molecule has 0 saturated carbocycles. The summed E-state index contributed by atoms with van der Waals surface area (Å²) in [4.78, 5) is 10.5. The maximum atomic E-state index is 11.0. The molecule has 6 heteroatoms. The molecule has 0 amide bonds. The molecule has 0 bridgehead atoms. The highest BCUT2D eigenvalue weighted by atomic mass is 35.5. The number of nitrogens with one attached hydrogen (secondary N) is 1. The molecule has 0 aromatic heterocycles. The van der Waals surface area contributed by atoms with Crippen molar-refractivity contribution < 1.29 is 9.66 Å². The first-order valence-electron chi connectivity index (χ1n) is 5.03. The van der Waals surface area contributed by atoms with Crippen LogP contribution in [0.2, 0.25) is 0 Å². The molecule has 1 N–H and O–H groups in total. The van der Waals surface area contributed by atoms with Crippen molar-refractivity contribution in [3.63, 3.8) is 0 Å². The lowest BCUT2D eigenvalue weighted by molar-refractivity contribution is -0.384. The molecule has 0 saturated heterocycles. The molecule has 0 heterocycles. The Morgan fingerprint density at radius 2 is 2.35 bits per heavy atom. The third-order valence-corrected chi connectivity index (χ3v) is 2.09. The Kier molecular flexibility index (Phi) is 4.78. The Labute approximate surface area is 104 Å². The Bertz CT molecular complexity index is 435. The summed E-state index contributed by atoms with van der Waals surface area (Å²) in [5.41, 5.74) is 0.273. The molecule has 0 fully saturated rings. The molecule has 1 aromatic carbocycles. The Hall–Kier alpha value is -1.75. The summed E-state index contributed by atoms with van der Waals surface area (Å²) in [6.07, 6.45) is 0. The molecule has 1 rings (SSSR count). The second-order valence-corrected chi connectivity index (χ2v) is 3.75. The zero-order valence-corrected chi connectivity index (χ0v) is 10.2. The van der Waals surface area contributed by atoms with Gasteiger partial charge >= 0.3 is 5.69 Å². The van der Waals surface area contributed by atoms with Crippen LogP contribution in [0.25, 0.3) is 0 Å². The second-order valence-electron chi connectivity index (χ2n) is 3.21. The average molecular weight is 257 g/mol. The predicted octanol–water partition coefficient (Wildman–Crippen LogP) is 3.16. The van der Waals surface area contributed by atoms with Gasteiger partial charge in [0.15, 0.2) is 5.75 Å². The van der Waals surface area contributed by atoms with Crippen LogP contribution in [0, 0.1) is 10.1 Å². The maximum Gasteiger partial charge on any atom is 0.333 e. The molecule has 17 heavy (non-hydrogen) atoms. The number of hydrogen-bond acceptors (Lipinski definition) is 4. The minimum Gasteiger partial charge on any atom is -0.487 e. The number of anilines is 1. The standard InChI is InChI=1S/C11H13ClN2O3/c1-3-17-10-6-4-5-9(11(10)14(15)16)13-7-8(2)12/h4-6,13H,2-3,7H2,1H3. The molecule has 92 valence electrons. The van der Waals surface area contributed by atoms with Gasteiger partial charge in [0.25, 0.3) is 0 Å².